The number of carbonyl (C=O) groups is 1. The number of carbonyl (C=O) groups excluding carboxylic acids is 1. The van der Waals surface area contributed by atoms with Crippen LogP contribution in [0.5, 0.6) is 17.2 Å². The number of ether oxygens (including phenoxy) is 3. The van der Waals surface area contributed by atoms with E-state index >= 15 is 0 Å². The summed E-state index contributed by atoms with van der Waals surface area (Å²) in [4.78, 5) is 27.1. The molecule has 0 bridgehead atoms. The molecule has 9 nitrogen and oxygen atoms in total. The van der Waals surface area contributed by atoms with Gasteiger partial charge in [-0.05, 0) is 41.5 Å². The van der Waals surface area contributed by atoms with Gasteiger partial charge in [-0.2, -0.15) is 4.98 Å². The van der Waals surface area contributed by atoms with Gasteiger partial charge in [-0.15, -0.1) is 0 Å². The van der Waals surface area contributed by atoms with Crippen molar-refractivity contribution in [1.29, 1.82) is 0 Å². The third kappa shape index (κ3) is 6.52. The monoisotopic (exact) mass is 589 g/mol. The van der Waals surface area contributed by atoms with Crippen molar-refractivity contribution >= 4 is 28.6 Å². The van der Waals surface area contributed by atoms with Crippen molar-refractivity contribution in [2.24, 2.45) is 0 Å². The maximum absolute atomic E-state index is 13.1. The van der Waals surface area contributed by atoms with Crippen LogP contribution in [0.4, 0.5) is 11.8 Å². The second-order valence-corrected chi connectivity index (χ2v) is 10.5. The largest absolute Gasteiger partial charge is 0.497 e. The van der Waals surface area contributed by atoms with E-state index < -0.39 is 0 Å². The summed E-state index contributed by atoms with van der Waals surface area (Å²) in [5, 5.41) is 4.25. The Morgan fingerprint density at radius 2 is 1.48 bits per heavy atom. The third-order valence-corrected chi connectivity index (χ3v) is 7.70. The Bertz CT molecular complexity index is 1710. The number of benzene rings is 4. The molecule has 1 aromatic heterocycles. The van der Waals surface area contributed by atoms with E-state index in [-0.39, 0.29) is 5.91 Å². The first-order valence-electron chi connectivity index (χ1n) is 14.6. The Labute approximate surface area is 257 Å². The van der Waals surface area contributed by atoms with Crippen molar-refractivity contribution in [3.05, 3.63) is 114 Å². The van der Waals surface area contributed by atoms with Crippen molar-refractivity contribution in [2.45, 2.75) is 13.2 Å². The lowest BCUT2D eigenvalue weighted by Crippen LogP contribution is -2.49. The molecular weight excluding hydrogens is 554 g/mol. The average Bonchev–Trinajstić information content (AvgIpc) is 3.09. The molecule has 1 aliphatic rings. The summed E-state index contributed by atoms with van der Waals surface area (Å²) in [5.41, 5.74) is 3.57. The van der Waals surface area contributed by atoms with Crippen LogP contribution in [0.15, 0.2) is 97.1 Å². The van der Waals surface area contributed by atoms with Gasteiger partial charge in [-0.1, -0.05) is 60.7 Å². The van der Waals surface area contributed by atoms with Gasteiger partial charge in [0.25, 0.3) is 5.91 Å². The number of nitrogens with zero attached hydrogens (tertiary/aromatic N) is 4. The van der Waals surface area contributed by atoms with E-state index in [4.69, 9.17) is 24.2 Å². The molecule has 0 radical (unpaired) electrons. The van der Waals surface area contributed by atoms with Gasteiger partial charge >= 0.3 is 0 Å². The number of piperazine rings is 1. The van der Waals surface area contributed by atoms with Crippen LogP contribution in [0, 0.1) is 0 Å². The highest BCUT2D eigenvalue weighted by atomic mass is 16.5. The van der Waals surface area contributed by atoms with Gasteiger partial charge < -0.3 is 29.3 Å². The van der Waals surface area contributed by atoms with Gasteiger partial charge in [0.05, 0.1) is 19.7 Å². The summed E-state index contributed by atoms with van der Waals surface area (Å²) in [7, 11) is 3.29. The Balaban J connectivity index is 1.29. The molecule has 2 heterocycles. The summed E-state index contributed by atoms with van der Waals surface area (Å²) < 4.78 is 17.3. The summed E-state index contributed by atoms with van der Waals surface area (Å²) in [6.07, 6.45) is 0. The van der Waals surface area contributed by atoms with Gasteiger partial charge in [0.15, 0.2) is 11.5 Å². The molecule has 0 saturated carbocycles. The predicted octanol–water partition coefficient (Wildman–Crippen LogP) is 5.80. The molecule has 0 spiro atoms. The number of nitrogens with one attached hydrogen (secondary N) is 1. The van der Waals surface area contributed by atoms with E-state index in [1.54, 1.807) is 14.2 Å². The lowest BCUT2D eigenvalue weighted by molar-refractivity contribution is 0.0746. The van der Waals surface area contributed by atoms with Crippen molar-refractivity contribution in [1.82, 2.24) is 14.9 Å². The highest BCUT2D eigenvalue weighted by Gasteiger charge is 2.25. The second kappa shape index (κ2) is 13.3. The highest BCUT2D eigenvalue weighted by molar-refractivity contribution is 5.95. The fourth-order valence-electron chi connectivity index (χ4n) is 5.26. The van der Waals surface area contributed by atoms with Gasteiger partial charge in [0, 0.05) is 49.7 Å². The van der Waals surface area contributed by atoms with Crippen molar-refractivity contribution in [2.75, 3.05) is 50.6 Å². The third-order valence-electron chi connectivity index (χ3n) is 7.70. The first kappa shape index (κ1) is 28.8. The van der Waals surface area contributed by atoms with E-state index in [2.05, 4.69) is 10.2 Å². The number of methoxy groups -OCH3 is 2. The van der Waals surface area contributed by atoms with Crippen LogP contribution in [-0.2, 0) is 13.2 Å². The van der Waals surface area contributed by atoms with Gasteiger partial charge in [-0.3, -0.25) is 4.79 Å². The summed E-state index contributed by atoms with van der Waals surface area (Å²) in [6, 6.07) is 31.2. The van der Waals surface area contributed by atoms with E-state index in [1.165, 1.54) is 0 Å². The Hall–Kier alpha value is -5.31. The van der Waals surface area contributed by atoms with Gasteiger partial charge in [0.2, 0.25) is 5.95 Å². The number of hydrogen-bond acceptors (Lipinski definition) is 8. The van der Waals surface area contributed by atoms with Gasteiger partial charge in [0.1, 0.15) is 18.2 Å². The van der Waals surface area contributed by atoms with Crippen LogP contribution in [0.25, 0.3) is 10.9 Å². The first-order valence-corrected chi connectivity index (χ1v) is 14.6. The van der Waals surface area contributed by atoms with Crippen molar-refractivity contribution < 1.29 is 19.0 Å². The lowest BCUT2D eigenvalue weighted by Gasteiger charge is -2.36. The molecule has 1 saturated heterocycles. The molecule has 44 heavy (non-hydrogen) atoms. The molecule has 0 atom stereocenters. The van der Waals surface area contributed by atoms with Crippen LogP contribution >= 0.6 is 0 Å². The molecule has 1 N–H and O–H groups in total. The summed E-state index contributed by atoms with van der Waals surface area (Å²) in [6.45, 7) is 3.39. The normalized spacial score (nSPS) is 13.0. The second-order valence-electron chi connectivity index (χ2n) is 10.5. The minimum Gasteiger partial charge on any atom is -0.497 e. The molecule has 4 aromatic carbocycles. The maximum atomic E-state index is 13.1. The fourth-order valence-corrected chi connectivity index (χ4v) is 5.26. The zero-order chi connectivity index (χ0) is 30.3. The molecular formula is C35H35N5O4. The molecule has 9 heteroatoms. The molecule has 1 aliphatic heterocycles. The highest BCUT2D eigenvalue weighted by Crippen LogP contribution is 2.37. The fraction of sp³-hybridized carbons (Fsp3) is 0.229. The number of hydrogen-bond donors (Lipinski definition) is 1. The standard InChI is InChI=1S/C35H35N5O4/c1-42-28-15-13-25(14-16-28)23-36-35-37-30-22-32(44-24-26-9-5-3-6-10-26)31(43-2)21-29(30)33(38-35)39-17-19-40(20-18-39)34(41)27-11-7-4-8-12-27/h3-16,21-22H,17-20,23-24H2,1-2H3,(H,36,37,38). The van der Waals surface area contributed by atoms with E-state index in [0.29, 0.717) is 62.3 Å². The number of fused-ring (bicyclic) bond motifs is 1. The minimum absolute atomic E-state index is 0.0431. The van der Waals surface area contributed by atoms with Crippen LogP contribution in [0.2, 0.25) is 0 Å². The van der Waals surface area contributed by atoms with E-state index in [0.717, 1.165) is 33.6 Å². The topological polar surface area (TPSA) is 89.1 Å². The van der Waals surface area contributed by atoms with Crippen molar-refractivity contribution in [3.8, 4) is 17.2 Å². The molecule has 6 rings (SSSR count). The number of amides is 1. The Morgan fingerprint density at radius 1 is 0.773 bits per heavy atom. The minimum atomic E-state index is 0.0431. The van der Waals surface area contributed by atoms with Crippen LogP contribution in [-0.4, -0.2) is 61.2 Å². The van der Waals surface area contributed by atoms with E-state index in [1.807, 2.05) is 102 Å². The SMILES string of the molecule is COc1ccc(CNc2nc(N3CCN(C(=O)c4ccccc4)CC3)c3cc(OC)c(OCc4ccccc4)cc3n2)cc1. The van der Waals surface area contributed by atoms with Gasteiger partial charge in [-0.25, -0.2) is 4.98 Å². The zero-order valence-corrected chi connectivity index (χ0v) is 24.9. The van der Waals surface area contributed by atoms with Crippen LogP contribution in [0.1, 0.15) is 21.5 Å². The Kier molecular flexibility index (Phi) is 8.72. The molecule has 224 valence electrons. The molecule has 1 amide bonds. The summed E-state index contributed by atoms with van der Waals surface area (Å²) in [5.74, 6) is 3.35. The quantitative estimate of drug-likeness (QED) is 0.219. The number of aromatic nitrogens is 2. The summed E-state index contributed by atoms with van der Waals surface area (Å²) >= 11 is 0. The van der Waals surface area contributed by atoms with Crippen molar-refractivity contribution in [3.63, 3.8) is 0 Å². The lowest BCUT2D eigenvalue weighted by atomic mass is 10.1. The maximum Gasteiger partial charge on any atom is 0.253 e. The molecule has 0 unspecified atom stereocenters. The molecule has 5 aromatic rings. The predicted molar refractivity (Wildman–Crippen MR) is 172 cm³/mol. The smallest absolute Gasteiger partial charge is 0.253 e. The van der Waals surface area contributed by atoms with E-state index in [9.17, 15) is 4.79 Å². The first-order chi connectivity index (χ1) is 21.6. The molecule has 1 fully saturated rings. The average molecular weight is 590 g/mol. The van der Waals surface area contributed by atoms with Crippen LogP contribution < -0.4 is 24.4 Å². The Morgan fingerprint density at radius 3 is 2.16 bits per heavy atom. The zero-order valence-electron chi connectivity index (χ0n) is 24.9. The molecule has 0 aliphatic carbocycles. The number of anilines is 2. The van der Waals surface area contributed by atoms with Crippen LogP contribution in [0.3, 0.4) is 0 Å². The number of rotatable bonds is 10.